The third-order valence-corrected chi connectivity index (χ3v) is 6.18. The number of carbonyl (C=O) groups is 2. The predicted octanol–water partition coefficient (Wildman–Crippen LogP) is 3.56. The molecule has 0 bridgehead atoms. The number of amides is 2. The van der Waals surface area contributed by atoms with Crippen LogP contribution in [0, 0.1) is 0 Å². The molecule has 5 nitrogen and oxygen atoms in total. The maximum atomic E-state index is 12.4. The van der Waals surface area contributed by atoms with Gasteiger partial charge in [0.05, 0.1) is 7.11 Å². The number of aryl methyl sites for hydroxylation is 1. The fraction of sp³-hybridized carbons (Fsp3) is 0.455. The first-order chi connectivity index (χ1) is 13.5. The maximum absolute atomic E-state index is 12.4. The summed E-state index contributed by atoms with van der Waals surface area (Å²) in [5, 5.41) is 5.09. The van der Waals surface area contributed by atoms with E-state index in [1.54, 1.807) is 18.4 Å². The first-order valence-electron chi connectivity index (χ1n) is 9.80. The first-order valence-corrected chi connectivity index (χ1v) is 10.7. The molecule has 3 rings (SSSR count). The normalized spacial score (nSPS) is 14.3. The van der Waals surface area contributed by atoms with Crippen molar-refractivity contribution in [2.75, 3.05) is 13.7 Å². The third kappa shape index (κ3) is 5.58. The average molecular weight is 401 g/mol. The number of benzene rings is 1. The summed E-state index contributed by atoms with van der Waals surface area (Å²) in [7, 11) is 1.65. The molecule has 2 aromatic rings. The summed E-state index contributed by atoms with van der Waals surface area (Å²) in [4.78, 5) is 27.9. The smallest absolute Gasteiger partial charge is 0.223 e. The number of methoxy groups -OCH3 is 1. The van der Waals surface area contributed by atoms with Crippen LogP contribution in [0.3, 0.4) is 0 Å². The van der Waals surface area contributed by atoms with Crippen molar-refractivity contribution in [3.05, 3.63) is 51.7 Å². The van der Waals surface area contributed by atoms with Crippen LogP contribution in [0.4, 0.5) is 0 Å². The summed E-state index contributed by atoms with van der Waals surface area (Å²) in [6, 6.07) is 10.2. The van der Waals surface area contributed by atoms with Gasteiger partial charge in [-0.15, -0.1) is 11.3 Å². The molecule has 1 N–H and O–H groups in total. The number of rotatable bonds is 8. The third-order valence-electron chi connectivity index (χ3n) is 5.16. The van der Waals surface area contributed by atoms with Crippen molar-refractivity contribution in [3.63, 3.8) is 0 Å². The molecule has 0 saturated heterocycles. The largest absolute Gasteiger partial charge is 0.497 e. The van der Waals surface area contributed by atoms with E-state index in [-0.39, 0.29) is 30.7 Å². The Kier molecular flexibility index (Phi) is 7.09. The molecule has 1 aromatic heterocycles. The molecule has 6 heteroatoms. The van der Waals surface area contributed by atoms with E-state index in [4.69, 9.17) is 4.74 Å². The van der Waals surface area contributed by atoms with Crippen LogP contribution in [0.15, 0.2) is 35.7 Å². The second-order valence-corrected chi connectivity index (χ2v) is 8.29. The monoisotopic (exact) mass is 400 g/mol. The van der Waals surface area contributed by atoms with Crippen LogP contribution in [0.1, 0.15) is 42.2 Å². The van der Waals surface area contributed by atoms with Gasteiger partial charge in [0.15, 0.2) is 0 Å². The minimum atomic E-state index is -0.0520. The Hall–Kier alpha value is -2.34. The van der Waals surface area contributed by atoms with E-state index in [0.29, 0.717) is 6.54 Å². The minimum Gasteiger partial charge on any atom is -0.497 e. The number of ether oxygens (including phenoxy) is 1. The summed E-state index contributed by atoms with van der Waals surface area (Å²) >= 11 is 1.76. The fourth-order valence-corrected chi connectivity index (χ4v) is 4.32. The molecule has 1 aliphatic rings. The van der Waals surface area contributed by atoms with Crippen LogP contribution >= 0.6 is 11.3 Å². The highest BCUT2D eigenvalue weighted by atomic mass is 32.1. The SMILES string of the molecule is COc1ccc(CCC(C)NC(=O)CCC(=O)N2CCc3sccc3C2)cc1. The van der Waals surface area contributed by atoms with Crippen LogP contribution in [-0.2, 0) is 29.0 Å². The average Bonchev–Trinajstić information content (AvgIpc) is 3.18. The van der Waals surface area contributed by atoms with Crippen molar-refractivity contribution >= 4 is 23.2 Å². The van der Waals surface area contributed by atoms with E-state index in [0.717, 1.165) is 31.6 Å². The molecular formula is C22H28N2O3S. The number of hydrogen-bond donors (Lipinski definition) is 1. The first kappa shape index (κ1) is 20.4. The second-order valence-electron chi connectivity index (χ2n) is 7.29. The Balaban J connectivity index is 1.36. The molecule has 1 aromatic carbocycles. The zero-order valence-corrected chi connectivity index (χ0v) is 17.4. The molecular weight excluding hydrogens is 372 g/mol. The van der Waals surface area contributed by atoms with Crippen molar-refractivity contribution in [2.24, 2.45) is 0 Å². The minimum absolute atomic E-state index is 0.0520. The fourth-order valence-electron chi connectivity index (χ4n) is 3.43. The highest BCUT2D eigenvalue weighted by Gasteiger charge is 2.22. The molecule has 150 valence electrons. The molecule has 0 saturated carbocycles. The van der Waals surface area contributed by atoms with Gasteiger partial charge in [-0.3, -0.25) is 9.59 Å². The lowest BCUT2D eigenvalue weighted by Gasteiger charge is -2.27. The van der Waals surface area contributed by atoms with Gasteiger partial charge in [0, 0.05) is 36.9 Å². The van der Waals surface area contributed by atoms with E-state index < -0.39 is 0 Å². The van der Waals surface area contributed by atoms with Gasteiger partial charge in [-0.2, -0.15) is 0 Å². The van der Waals surface area contributed by atoms with Crippen molar-refractivity contribution in [1.82, 2.24) is 10.2 Å². The van der Waals surface area contributed by atoms with Gasteiger partial charge in [0.1, 0.15) is 5.75 Å². The lowest BCUT2D eigenvalue weighted by molar-refractivity contribution is -0.134. The predicted molar refractivity (Wildman–Crippen MR) is 112 cm³/mol. The molecule has 1 atom stereocenters. The standard InChI is InChI=1S/C22H28N2O3S/c1-16(3-4-17-5-7-19(27-2)8-6-17)23-21(25)9-10-22(26)24-13-11-20-18(15-24)12-14-28-20/h5-8,12,14,16H,3-4,9-11,13,15H2,1-2H3,(H,23,25). The van der Waals surface area contributed by atoms with Crippen LogP contribution < -0.4 is 10.1 Å². The van der Waals surface area contributed by atoms with E-state index >= 15 is 0 Å². The van der Waals surface area contributed by atoms with Crippen molar-refractivity contribution in [3.8, 4) is 5.75 Å². The highest BCUT2D eigenvalue weighted by molar-refractivity contribution is 7.10. The molecule has 0 spiro atoms. The number of nitrogens with zero attached hydrogens (tertiary/aromatic N) is 1. The van der Waals surface area contributed by atoms with E-state index in [2.05, 4.69) is 16.8 Å². The molecule has 28 heavy (non-hydrogen) atoms. The van der Waals surface area contributed by atoms with Gasteiger partial charge in [-0.1, -0.05) is 12.1 Å². The van der Waals surface area contributed by atoms with Crippen LogP contribution in [-0.4, -0.2) is 36.4 Å². The molecule has 0 aliphatic carbocycles. The summed E-state index contributed by atoms with van der Waals surface area (Å²) < 4.78 is 5.16. The molecule has 2 amide bonds. The van der Waals surface area contributed by atoms with Crippen LogP contribution in [0.25, 0.3) is 0 Å². The molecule has 1 unspecified atom stereocenters. The van der Waals surface area contributed by atoms with Gasteiger partial charge >= 0.3 is 0 Å². The summed E-state index contributed by atoms with van der Waals surface area (Å²) in [5.41, 5.74) is 2.47. The molecule has 2 heterocycles. The van der Waals surface area contributed by atoms with Crippen molar-refractivity contribution in [2.45, 2.75) is 51.6 Å². The number of fused-ring (bicyclic) bond motifs is 1. The Bertz CT molecular complexity index is 800. The van der Waals surface area contributed by atoms with E-state index in [9.17, 15) is 9.59 Å². The zero-order chi connectivity index (χ0) is 19.9. The van der Waals surface area contributed by atoms with E-state index in [1.807, 2.05) is 36.1 Å². The maximum Gasteiger partial charge on any atom is 0.223 e. The Morgan fingerprint density at radius 2 is 2.00 bits per heavy atom. The topological polar surface area (TPSA) is 58.6 Å². The highest BCUT2D eigenvalue weighted by Crippen LogP contribution is 2.24. The lowest BCUT2D eigenvalue weighted by atomic mass is 10.1. The summed E-state index contributed by atoms with van der Waals surface area (Å²) in [6.45, 7) is 3.44. The summed E-state index contributed by atoms with van der Waals surface area (Å²) in [5.74, 6) is 0.861. The Morgan fingerprint density at radius 3 is 2.75 bits per heavy atom. The zero-order valence-electron chi connectivity index (χ0n) is 16.6. The number of thiophene rings is 1. The van der Waals surface area contributed by atoms with Crippen molar-refractivity contribution in [1.29, 1.82) is 0 Å². The van der Waals surface area contributed by atoms with Gasteiger partial charge in [0.25, 0.3) is 0 Å². The van der Waals surface area contributed by atoms with Gasteiger partial charge in [-0.25, -0.2) is 0 Å². The van der Waals surface area contributed by atoms with Gasteiger partial charge < -0.3 is 15.0 Å². The Morgan fingerprint density at radius 1 is 1.21 bits per heavy atom. The molecule has 0 radical (unpaired) electrons. The number of carbonyl (C=O) groups excluding carboxylic acids is 2. The lowest BCUT2D eigenvalue weighted by Crippen LogP contribution is -2.37. The molecule has 1 aliphatic heterocycles. The van der Waals surface area contributed by atoms with Crippen LogP contribution in [0.2, 0.25) is 0 Å². The molecule has 0 fully saturated rings. The second kappa shape index (κ2) is 9.73. The van der Waals surface area contributed by atoms with E-state index in [1.165, 1.54) is 16.0 Å². The number of hydrogen-bond acceptors (Lipinski definition) is 4. The van der Waals surface area contributed by atoms with Gasteiger partial charge in [-0.05, 0) is 60.9 Å². The summed E-state index contributed by atoms with van der Waals surface area (Å²) in [6.07, 6.45) is 3.20. The quantitative estimate of drug-likeness (QED) is 0.737. The van der Waals surface area contributed by atoms with Crippen LogP contribution in [0.5, 0.6) is 5.75 Å². The Labute approximate surface area is 170 Å². The number of nitrogens with one attached hydrogen (secondary N) is 1. The van der Waals surface area contributed by atoms with Gasteiger partial charge in [0.2, 0.25) is 11.8 Å². The van der Waals surface area contributed by atoms with Crippen molar-refractivity contribution < 1.29 is 14.3 Å².